The molecule has 3 aromatic rings. The van der Waals surface area contributed by atoms with Crippen LogP contribution < -0.4 is 10.1 Å². The average Bonchev–Trinajstić information content (AvgIpc) is 2.61. The molecule has 122 valence electrons. The molecule has 1 N–H and O–H groups in total. The van der Waals surface area contributed by atoms with E-state index in [1.807, 2.05) is 49.4 Å². The Morgan fingerprint density at radius 3 is 2.50 bits per heavy atom. The highest BCUT2D eigenvalue weighted by Gasteiger charge is 2.19. The van der Waals surface area contributed by atoms with Crippen LogP contribution in [0.5, 0.6) is 5.75 Å². The first-order valence-corrected chi connectivity index (χ1v) is 8.26. The Bertz CT molecular complexity index is 840. The molecule has 3 nitrogen and oxygen atoms in total. The summed E-state index contributed by atoms with van der Waals surface area (Å²) in [7, 11) is 0. The third-order valence-corrected chi connectivity index (χ3v) is 4.05. The Kier molecular flexibility index (Phi) is 5.02. The van der Waals surface area contributed by atoms with Crippen molar-refractivity contribution in [2.45, 2.75) is 19.4 Å². The second-order valence-electron chi connectivity index (χ2n) is 5.48. The molecule has 0 fully saturated rings. The van der Waals surface area contributed by atoms with Gasteiger partial charge < -0.3 is 10.1 Å². The van der Waals surface area contributed by atoms with Crippen molar-refractivity contribution in [3.05, 3.63) is 71.8 Å². The summed E-state index contributed by atoms with van der Waals surface area (Å²) >= 11 is 5.87. The van der Waals surface area contributed by atoms with Crippen LogP contribution in [0.1, 0.15) is 13.3 Å². The molecule has 0 saturated carbocycles. The molecule has 3 aromatic carbocycles. The molecular formula is C20H18ClNO2. The molecule has 0 saturated heterocycles. The van der Waals surface area contributed by atoms with E-state index < -0.39 is 6.10 Å². The molecule has 0 aliphatic rings. The van der Waals surface area contributed by atoms with Gasteiger partial charge in [0.25, 0.3) is 5.91 Å². The number of halogens is 1. The first kappa shape index (κ1) is 16.3. The largest absolute Gasteiger partial charge is 0.481 e. The van der Waals surface area contributed by atoms with Gasteiger partial charge in [0.15, 0.2) is 6.10 Å². The van der Waals surface area contributed by atoms with E-state index in [1.165, 1.54) is 0 Å². The molecule has 0 spiro atoms. The number of hydrogen-bond donors (Lipinski definition) is 1. The summed E-state index contributed by atoms with van der Waals surface area (Å²) in [5.41, 5.74) is 0.788. The summed E-state index contributed by atoms with van der Waals surface area (Å²) in [5, 5.41) is 5.71. The number of nitrogens with one attached hydrogen (secondary N) is 1. The summed E-state index contributed by atoms with van der Waals surface area (Å²) in [6.07, 6.45) is 0.00399. The second kappa shape index (κ2) is 7.37. The Balaban J connectivity index is 1.77. The minimum atomic E-state index is -0.565. The Morgan fingerprint density at radius 1 is 1.04 bits per heavy atom. The maximum Gasteiger partial charge on any atom is 0.265 e. The molecule has 24 heavy (non-hydrogen) atoms. The SMILES string of the molecule is CC[C@H](Oc1ccc(Cl)cc1)C(=O)Nc1cccc2ccccc12. The highest BCUT2D eigenvalue weighted by molar-refractivity contribution is 6.30. The zero-order valence-electron chi connectivity index (χ0n) is 13.3. The zero-order valence-corrected chi connectivity index (χ0v) is 14.1. The van der Waals surface area contributed by atoms with Crippen LogP contribution in [0.3, 0.4) is 0 Å². The van der Waals surface area contributed by atoms with Crippen molar-refractivity contribution in [1.29, 1.82) is 0 Å². The zero-order chi connectivity index (χ0) is 16.9. The van der Waals surface area contributed by atoms with E-state index in [2.05, 4.69) is 5.32 Å². The highest BCUT2D eigenvalue weighted by atomic mass is 35.5. The predicted molar refractivity (Wildman–Crippen MR) is 98.7 cm³/mol. The van der Waals surface area contributed by atoms with Gasteiger partial charge in [0, 0.05) is 16.1 Å². The van der Waals surface area contributed by atoms with Crippen molar-refractivity contribution >= 4 is 34.0 Å². The van der Waals surface area contributed by atoms with Gasteiger partial charge in [-0.15, -0.1) is 0 Å². The molecule has 1 atom stereocenters. The molecule has 0 radical (unpaired) electrons. The van der Waals surface area contributed by atoms with Crippen LogP contribution in [-0.4, -0.2) is 12.0 Å². The van der Waals surface area contributed by atoms with Gasteiger partial charge in [0.1, 0.15) is 5.75 Å². The fraction of sp³-hybridized carbons (Fsp3) is 0.150. The number of carbonyl (C=O) groups is 1. The van der Waals surface area contributed by atoms with E-state index in [0.717, 1.165) is 16.5 Å². The van der Waals surface area contributed by atoms with E-state index in [4.69, 9.17) is 16.3 Å². The quantitative estimate of drug-likeness (QED) is 0.686. The number of amides is 1. The van der Waals surface area contributed by atoms with Crippen LogP contribution in [0.4, 0.5) is 5.69 Å². The van der Waals surface area contributed by atoms with E-state index >= 15 is 0 Å². The number of benzene rings is 3. The van der Waals surface area contributed by atoms with E-state index in [-0.39, 0.29) is 5.91 Å². The third kappa shape index (κ3) is 3.69. The summed E-state index contributed by atoms with van der Waals surface area (Å²) in [6, 6.07) is 20.8. The highest BCUT2D eigenvalue weighted by Crippen LogP contribution is 2.24. The maximum atomic E-state index is 12.6. The topological polar surface area (TPSA) is 38.3 Å². The van der Waals surface area contributed by atoms with Crippen molar-refractivity contribution in [2.75, 3.05) is 5.32 Å². The van der Waals surface area contributed by atoms with Gasteiger partial charge in [-0.2, -0.15) is 0 Å². The lowest BCUT2D eigenvalue weighted by Crippen LogP contribution is -2.32. The van der Waals surface area contributed by atoms with Gasteiger partial charge in [0.05, 0.1) is 0 Å². The lowest BCUT2D eigenvalue weighted by Gasteiger charge is -2.18. The van der Waals surface area contributed by atoms with Gasteiger partial charge in [-0.25, -0.2) is 0 Å². The summed E-state index contributed by atoms with van der Waals surface area (Å²) in [6.45, 7) is 1.92. The third-order valence-electron chi connectivity index (χ3n) is 3.80. The number of rotatable bonds is 5. The molecule has 3 rings (SSSR count). The molecule has 0 bridgehead atoms. The van der Waals surface area contributed by atoms with Crippen molar-refractivity contribution in [3.63, 3.8) is 0 Å². The lowest BCUT2D eigenvalue weighted by molar-refractivity contribution is -0.122. The second-order valence-corrected chi connectivity index (χ2v) is 5.92. The summed E-state index contributed by atoms with van der Waals surface area (Å²) in [4.78, 5) is 12.6. The Morgan fingerprint density at radius 2 is 1.75 bits per heavy atom. The average molecular weight is 340 g/mol. The molecule has 0 aromatic heterocycles. The monoisotopic (exact) mass is 339 g/mol. The van der Waals surface area contributed by atoms with Crippen LogP contribution in [0, 0.1) is 0 Å². The molecule has 1 amide bonds. The van der Waals surface area contributed by atoms with Gasteiger partial charge in [0.2, 0.25) is 0 Å². The molecule has 0 aliphatic carbocycles. The van der Waals surface area contributed by atoms with Crippen LogP contribution in [0.25, 0.3) is 10.8 Å². The van der Waals surface area contributed by atoms with Crippen molar-refractivity contribution < 1.29 is 9.53 Å². The number of hydrogen-bond acceptors (Lipinski definition) is 2. The van der Waals surface area contributed by atoms with E-state index in [0.29, 0.717) is 17.2 Å². The van der Waals surface area contributed by atoms with Gasteiger partial charge in [-0.1, -0.05) is 54.9 Å². The van der Waals surface area contributed by atoms with Crippen LogP contribution in [0.2, 0.25) is 5.02 Å². The van der Waals surface area contributed by atoms with Gasteiger partial charge >= 0.3 is 0 Å². The molecule has 0 unspecified atom stereocenters. The lowest BCUT2D eigenvalue weighted by atomic mass is 10.1. The predicted octanol–water partition coefficient (Wildman–Crippen LogP) is 5.29. The van der Waals surface area contributed by atoms with Crippen LogP contribution in [0.15, 0.2) is 66.7 Å². The number of fused-ring (bicyclic) bond motifs is 1. The Labute approximate surface area is 146 Å². The summed E-state index contributed by atoms with van der Waals surface area (Å²) < 4.78 is 5.79. The van der Waals surface area contributed by atoms with E-state index in [9.17, 15) is 4.79 Å². The first-order valence-electron chi connectivity index (χ1n) is 7.88. The number of carbonyl (C=O) groups excluding carboxylic acids is 1. The standard InChI is InChI=1S/C20H18ClNO2/c1-2-19(24-16-12-10-15(21)11-13-16)20(23)22-18-9-5-7-14-6-3-4-8-17(14)18/h3-13,19H,2H2,1H3,(H,22,23)/t19-/m0/s1. The maximum absolute atomic E-state index is 12.6. The fourth-order valence-electron chi connectivity index (χ4n) is 2.55. The van der Waals surface area contributed by atoms with Crippen molar-refractivity contribution in [2.24, 2.45) is 0 Å². The smallest absolute Gasteiger partial charge is 0.265 e. The molecule has 0 heterocycles. The minimum Gasteiger partial charge on any atom is -0.481 e. The molecule has 0 aliphatic heterocycles. The van der Waals surface area contributed by atoms with E-state index in [1.54, 1.807) is 24.3 Å². The fourth-order valence-corrected chi connectivity index (χ4v) is 2.67. The van der Waals surface area contributed by atoms with Gasteiger partial charge in [-0.3, -0.25) is 4.79 Å². The van der Waals surface area contributed by atoms with Crippen molar-refractivity contribution in [1.82, 2.24) is 0 Å². The van der Waals surface area contributed by atoms with Crippen LogP contribution in [-0.2, 0) is 4.79 Å². The molecule has 4 heteroatoms. The van der Waals surface area contributed by atoms with Crippen LogP contribution >= 0.6 is 11.6 Å². The minimum absolute atomic E-state index is 0.163. The number of ether oxygens (including phenoxy) is 1. The van der Waals surface area contributed by atoms with Crippen molar-refractivity contribution in [3.8, 4) is 5.75 Å². The number of anilines is 1. The molecular weight excluding hydrogens is 322 g/mol. The summed E-state index contributed by atoms with van der Waals surface area (Å²) in [5.74, 6) is 0.461. The first-order chi connectivity index (χ1) is 11.7. The normalized spacial score (nSPS) is 11.9. The van der Waals surface area contributed by atoms with Gasteiger partial charge in [-0.05, 0) is 42.1 Å². The Hall–Kier alpha value is -2.52.